The number of amides is 1. The first-order valence-corrected chi connectivity index (χ1v) is 9.61. The molecule has 3 rings (SSSR count). The molecule has 2 heterocycles. The van der Waals surface area contributed by atoms with Crippen molar-refractivity contribution in [2.45, 2.75) is 42.0 Å². The standard InChI is InChI=1S/C12H15BrN2O3S2/c13-10-5-6-11(19-10)20(17,18)15-7-1-2-9(15)12(16)14-8-3-4-8/h5-6,8-9H,1-4,7H2,(H,14,16)/t9-/m1/s1. The fourth-order valence-corrected chi connectivity index (χ4v) is 6.16. The third-order valence-electron chi connectivity index (χ3n) is 3.54. The molecule has 2 fully saturated rings. The van der Waals surface area contributed by atoms with Crippen molar-refractivity contribution in [1.82, 2.24) is 9.62 Å². The summed E-state index contributed by atoms with van der Waals surface area (Å²) in [6.07, 6.45) is 3.34. The summed E-state index contributed by atoms with van der Waals surface area (Å²) in [4.78, 5) is 12.2. The maximum atomic E-state index is 12.6. The summed E-state index contributed by atoms with van der Waals surface area (Å²) in [6, 6.07) is 3.00. The van der Waals surface area contributed by atoms with Crippen molar-refractivity contribution in [3.05, 3.63) is 15.9 Å². The van der Waals surface area contributed by atoms with Crippen LogP contribution >= 0.6 is 27.3 Å². The average Bonchev–Trinajstić information content (AvgIpc) is 2.92. The lowest BCUT2D eigenvalue weighted by atomic mass is 10.2. The van der Waals surface area contributed by atoms with E-state index in [2.05, 4.69) is 21.2 Å². The number of hydrogen-bond donors (Lipinski definition) is 1. The average molecular weight is 379 g/mol. The van der Waals surface area contributed by atoms with E-state index in [9.17, 15) is 13.2 Å². The number of thiophene rings is 1. The van der Waals surface area contributed by atoms with Gasteiger partial charge in [-0.15, -0.1) is 11.3 Å². The molecule has 8 heteroatoms. The van der Waals surface area contributed by atoms with Gasteiger partial charge in [-0.3, -0.25) is 4.79 Å². The van der Waals surface area contributed by atoms with Crippen molar-refractivity contribution in [3.8, 4) is 0 Å². The van der Waals surface area contributed by atoms with E-state index in [1.165, 1.54) is 15.6 Å². The minimum Gasteiger partial charge on any atom is -0.352 e. The Kier molecular flexibility index (Phi) is 3.91. The van der Waals surface area contributed by atoms with Crippen LogP contribution in [0.3, 0.4) is 0 Å². The van der Waals surface area contributed by atoms with Gasteiger partial charge in [0.15, 0.2) is 0 Å². The molecule has 110 valence electrons. The molecule has 1 aromatic rings. The number of carbonyl (C=O) groups excluding carboxylic acids is 1. The molecule has 0 unspecified atom stereocenters. The quantitative estimate of drug-likeness (QED) is 0.870. The highest BCUT2D eigenvalue weighted by Gasteiger charge is 2.41. The van der Waals surface area contributed by atoms with Crippen molar-refractivity contribution in [3.63, 3.8) is 0 Å². The lowest BCUT2D eigenvalue weighted by molar-refractivity contribution is -0.124. The van der Waals surface area contributed by atoms with Crippen LogP contribution in [0.25, 0.3) is 0 Å². The van der Waals surface area contributed by atoms with Gasteiger partial charge >= 0.3 is 0 Å². The SMILES string of the molecule is O=C(NC1CC1)[C@H]1CCCN1S(=O)(=O)c1ccc(Br)s1. The van der Waals surface area contributed by atoms with Crippen LogP contribution < -0.4 is 5.32 Å². The Balaban J connectivity index is 1.82. The van der Waals surface area contributed by atoms with Gasteiger partial charge in [0, 0.05) is 12.6 Å². The van der Waals surface area contributed by atoms with Crippen LogP contribution in [0.5, 0.6) is 0 Å². The fraction of sp³-hybridized carbons (Fsp3) is 0.583. The van der Waals surface area contributed by atoms with Crippen molar-refractivity contribution in [1.29, 1.82) is 0 Å². The van der Waals surface area contributed by atoms with Crippen molar-refractivity contribution in [2.75, 3.05) is 6.54 Å². The smallest absolute Gasteiger partial charge is 0.253 e. The molecular weight excluding hydrogens is 364 g/mol. The number of nitrogens with one attached hydrogen (secondary N) is 1. The van der Waals surface area contributed by atoms with Gasteiger partial charge in [0.05, 0.1) is 3.79 Å². The molecular formula is C12H15BrN2O3S2. The van der Waals surface area contributed by atoms with Crippen LogP contribution in [-0.2, 0) is 14.8 Å². The minimum atomic E-state index is -3.57. The highest BCUT2D eigenvalue weighted by atomic mass is 79.9. The van der Waals surface area contributed by atoms with Gasteiger partial charge in [-0.1, -0.05) is 0 Å². The summed E-state index contributed by atoms with van der Waals surface area (Å²) >= 11 is 4.45. The third kappa shape index (κ3) is 2.79. The maximum absolute atomic E-state index is 12.6. The molecule has 0 aromatic carbocycles. The molecule has 5 nitrogen and oxygen atoms in total. The van der Waals surface area contributed by atoms with E-state index in [-0.39, 0.29) is 16.2 Å². The lowest BCUT2D eigenvalue weighted by Gasteiger charge is -2.22. The maximum Gasteiger partial charge on any atom is 0.253 e. The molecule has 1 aromatic heterocycles. The predicted molar refractivity (Wildman–Crippen MR) is 80.1 cm³/mol. The van der Waals surface area contributed by atoms with E-state index >= 15 is 0 Å². The number of hydrogen-bond acceptors (Lipinski definition) is 4. The van der Waals surface area contributed by atoms with Crippen molar-refractivity contribution in [2.24, 2.45) is 0 Å². The molecule has 1 aliphatic carbocycles. The molecule has 0 bridgehead atoms. The molecule has 20 heavy (non-hydrogen) atoms. The highest BCUT2D eigenvalue weighted by Crippen LogP contribution is 2.32. The zero-order chi connectivity index (χ0) is 14.3. The van der Waals surface area contributed by atoms with Gasteiger partial charge in [-0.05, 0) is 53.7 Å². The first-order chi connectivity index (χ1) is 9.48. The molecule has 1 N–H and O–H groups in total. The van der Waals surface area contributed by atoms with Crippen LogP contribution in [-0.4, -0.2) is 37.3 Å². The summed E-state index contributed by atoms with van der Waals surface area (Å²) in [6.45, 7) is 0.417. The minimum absolute atomic E-state index is 0.149. The normalized spacial score (nSPS) is 23.9. The van der Waals surface area contributed by atoms with E-state index < -0.39 is 16.1 Å². The molecule has 1 saturated heterocycles. The predicted octanol–water partition coefficient (Wildman–Crippen LogP) is 1.94. The Morgan fingerprint density at radius 1 is 1.35 bits per heavy atom. The third-order valence-corrected chi connectivity index (χ3v) is 7.54. The van der Waals surface area contributed by atoms with Gasteiger partial charge in [0.2, 0.25) is 5.91 Å². The zero-order valence-corrected chi connectivity index (χ0v) is 13.9. The lowest BCUT2D eigenvalue weighted by Crippen LogP contribution is -2.46. The number of rotatable bonds is 4. The summed E-state index contributed by atoms with van der Waals surface area (Å²) in [7, 11) is -3.57. The van der Waals surface area contributed by atoms with Crippen LogP contribution in [0, 0.1) is 0 Å². The van der Waals surface area contributed by atoms with Crippen LogP contribution in [0.1, 0.15) is 25.7 Å². The van der Waals surface area contributed by atoms with Crippen LogP contribution in [0.2, 0.25) is 0 Å². The van der Waals surface area contributed by atoms with Crippen LogP contribution in [0.4, 0.5) is 0 Å². The zero-order valence-electron chi connectivity index (χ0n) is 10.7. The van der Waals surface area contributed by atoms with Gasteiger partial charge in [-0.25, -0.2) is 8.42 Å². The Hall–Kier alpha value is -0.440. The second-order valence-electron chi connectivity index (χ2n) is 5.12. The number of carbonyl (C=O) groups is 1. The second kappa shape index (κ2) is 5.40. The summed E-state index contributed by atoms with van der Waals surface area (Å²) < 4.78 is 27.6. The monoisotopic (exact) mass is 378 g/mol. The molecule has 1 atom stereocenters. The number of nitrogens with zero attached hydrogens (tertiary/aromatic N) is 1. The molecule has 2 aliphatic rings. The van der Waals surface area contributed by atoms with E-state index in [4.69, 9.17) is 0 Å². The molecule has 1 amide bonds. The molecule has 0 radical (unpaired) electrons. The highest BCUT2D eigenvalue weighted by molar-refractivity contribution is 9.11. The Morgan fingerprint density at radius 3 is 2.70 bits per heavy atom. The van der Waals surface area contributed by atoms with E-state index in [1.54, 1.807) is 12.1 Å². The van der Waals surface area contributed by atoms with Gasteiger partial charge in [-0.2, -0.15) is 4.31 Å². The topological polar surface area (TPSA) is 66.5 Å². The van der Waals surface area contributed by atoms with Gasteiger partial charge in [0.1, 0.15) is 10.3 Å². The summed E-state index contributed by atoms with van der Waals surface area (Å²) in [5.74, 6) is -0.149. The molecule has 1 aliphatic heterocycles. The van der Waals surface area contributed by atoms with E-state index in [0.29, 0.717) is 13.0 Å². The van der Waals surface area contributed by atoms with E-state index in [0.717, 1.165) is 23.0 Å². The fourth-order valence-electron chi connectivity index (χ4n) is 2.37. The number of sulfonamides is 1. The first-order valence-electron chi connectivity index (χ1n) is 6.56. The molecule has 1 saturated carbocycles. The first kappa shape index (κ1) is 14.5. The Labute approximate surface area is 130 Å². The molecule has 0 spiro atoms. The van der Waals surface area contributed by atoms with Crippen LogP contribution in [0.15, 0.2) is 20.1 Å². The van der Waals surface area contributed by atoms with Gasteiger partial charge < -0.3 is 5.32 Å². The Morgan fingerprint density at radius 2 is 2.10 bits per heavy atom. The van der Waals surface area contributed by atoms with Crippen molar-refractivity contribution >= 4 is 43.2 Å². The largest absolute Gasteiger partial charge is 0.352 e. The Bertz CT molecular complexity index is 624. The second-order valence-corrected chi connectivity index (χ2v) is 9.70. The van der Waals surface area contributed by atoms with Gasteiger partial charge in [0.25, 0.3) is 10.0 Å². The summed E-state index contributed by atoms with van der Waals surface area (Å²) in [5, 5.41) is 2.90. The number of halogens is 1. The van der Waals surface area contributed by atoms with Crippen molar-refractivity contribution < 1.29 is 13.2 Å². The van der Waals surface area contributed by atoms with E-state index in [1.807, 2.05) is 0 Å². The summed E-state index contributed by atoms with van der Waals surface area (Å²) in [5.41, 5.74) is 0.